The number of benzene rings is 2. The topological polar surface area (TPSA) is 35.5 Å². The normalized spacial score (nSPS) is 14.7. The molecule has 1 aliphatic carbocycles. The second kappa shape index (κ2) is 6.53. The Morgan fingerprint density at radius 2 is 2.00 bits per heavy atom. The lowest BCUT2D eigenvalue weighted by Crippen LogP contribution is -1.97. The molecular weight excluding hydrogens is 288 g/mol. The molecule has 0 fully saturated rings. The molecule has 3 rings (SSSR count). The zero-order valence-electron chi connectivity index (χ0n) is 13.0. The number of ketones is 1. The van der Waals surface area contributed by atoms with E-state index >= 15 is 0 Å². The number of Topliss-reactive ketones (excluding diaryl/α,β-unsaturated/α-hetero) is 1. The summed E-state index contributed by atoms with van der Waals surface area (Å²) in [5.41, 5.74) is 3.61. The number of hydrogen-bond acceptors (Lipinski definition) is 3. The van der Waals surface area contributed by atoms with Crippen molar-refractivity contribution >= 4 is 11.9 Å². The largest absolute Gasteiger partial charge is 0.493 e. The molecule has 0 spiro atoms. The molecular formula is C20H18O3. The standard InChI is InChI=1S/C20H18O3/c1-3-10-23-18-9-8-14(12-19(18)22-2)11-16-13-15-6-4-5-7-17(15)20(16)21/h3-9,11-12H,1,10,13H2,2H3/b16-11+. The molecule has 0 atom stereocenters. The third-order valence-corrected chi connectivity index (χ3v) is 3.82. The van der Waals surface area contributed by atoms with Crippen molar-refractivity contribution < 1.29 is 14.3 Å². The van der Waals surface area contributed by atoms with E-state index in [0.717, 1.165) is 22.3 Å². The summed E-state index contributed by atoms with van der Waals surface area (Å²) in [6.45, 7) is 4.05. The maximum atomic E-state index is 12.4. The minimum Gasteiger partial charge on any atom is -0.493 e. The lowest BCUT2D eigenvalue weighted by Gasteiger charge is -2.10. The van der Waals surface area contributed by atoms with Crippen molar-refractivity contribution in [2.24, 2.45) is 0 Å². The molecule has 0 saturated carbocycles. The van der Waals surface area contributed by atoms with Crippen molar-refractivity contribution in [1.29, 1.82) is 0 Å². The highest BCUT2D eigenvalue weighted by atomic mass is 16.5. The summed E-state index contributed by atoms with van der Waals surface area (Å²) in [6, 6.07) is 13.4. The van der Waals surface area contributed by atoms with E-state index in [4.69, 9.17) is 9.47 Å². The van der Waals surface area contributed by atoms with Gasteiger partial charge in [-0.25, -0.2) is 0 Å². The van der Waals surface area contributed by atoms with Gasteiger partial charge in [0.25, 0.3) is 0 Å². The molecule has 0 aromatic heterocycles. The van der Waals surface area contributed by atoms with Crippen LogP contribution in [0.15, 0.2) is 60.7 Å². The van der Waals surface area contributed by atoms with Gasteiger partial charge in [0.15, 0.2) is 17.3 Å². The fraction of sp³-hybridized carbons (Fsp3) is 0.150. The second-order valence-corrected chi connectivity index (χ2v) is 5.34. The minimum atomic E-state index is 0.103. The average Bonchev–Trinajstić information content (AvgIpc) is 2.90. The van der Waals surface area contributed by atoms with Crippen molar-refractivity contribution in [3.63, 3.8) is 0 Å². The molecule has 0 saturated heterocycles. The maximum absolute atomic E-state index is 12.4. The molecule has 116 valence electrons. The first-order valence-electron chi connectivity index (χ1n) is 7.48. The van der Waals surface area contributed by atoms with Crippen molar-refractivity contribution in [3.8, 4) is 11.5 Å². The van der Waals surface area contributed by atoms with Crippen LogP contribution in [0.25, 0.3) is 6.08 Å². The van der Waals surface area contributed by atoms with Gasteiger partial charge in [0.05, 0.1) is 7.11 Å². The smallest absolute Gasteiger partial charge is 0.189 e. The molecule has 0 unspecified atom stereocenters. The molecule has 3 heteroatoms. The number of hydrogen-bond donors (Lipinski definition) is 0. The van der Waals surface area contributed by atoms with Crippen LogP contribution in [0.5, 0.6) is 11.5 Å². The molecule has 2 aromatic rings. The zero-order valence-corrected chi connectivity index (χ0v) is 13.0. The fourth-order valence-electron chi connectivity index (χ4n) is 2.71. The predicted molar refractivity (Wildman–Crippen MR) is 91.1 cm³/mol. The third kappa shape index (κ3) is 3.04. The van der Waals surface area contributed by atoms with Crippen LogP contribution in [-0.2, 0) is 6.42 Å². The van der Waals surface area contributed by atoms with Crippen molar-refractivity contribution in [3.05, 3.63) is 77.4 Å². The van der Waals surface area contributed by atoms with E-state index in [1.54, 1.807) is 13.2 Å². The Labute approximate surface area is 135 Å². The molecule has 2 aromatic carbocycles. The Hall–Kier alpha value is -2.81. The zero-order chi connectivity index (χ0) is 16.2. The van der Waals surface area contributed by atoms with Gasteiger partial charge >= 0.3 is 0 Å². The van der Waals surface area contributed by atoms with Gasteiger partial charge in [-0.3, -0.25) is 4.79 Å². The molecule has 0 amide bonds. The van der Waals surface area contributed by atoms with Gasteiger partial charge < -0.3 is 9.47 Å². The van der Waals surface area contributed by atoms with Gasteiger partial charge in [0, 0.05) is 17.6 Å². The molecule has 0 radical (unpaired) electrons. The first kappa shape index (κ1) is 15.1. The SMILES string of the molecule is C=CCOc1ccc(/C=C2\Cc3ccccc3C2=O)cc1OC. The van der Waals surface area contributed by atoms with E-state index < -0.39 is 0 Å². The first-order chi connectivity index (χ1) is 11.2. The van der Waals surface area contributed by atoms with Crippen LogP contribution in [0.1, 0.15) is 21.5 Å². The van der Waals surface area contributed by atoms with Crippen LogP contribution in [-0.4, -0.2) is 19.5 Å². The molecule has 0 aliphatic heterocycles. The third-order valence-electron chi connectivity index (χ3n) is 3.82. The van der Waals surface area contributed by atoms with Crippen LogP contribution in [0.4, 0.5) is 0 Å². The molecule has 1 aliphatic rings. The molecule has 23 heavy (non-hydrogen) atoms. The Morgan fingerprint density at radius 3 is 2.74 bits per heavy atom. The number of ether oxygens (including phenoxy) is 2. The molecule has 3 nitrogen and oxygen atoms in total. The van der Waals surface area contributed by atoms with Gasteiger partial charge in [-0.05, 0) is 29.3 Å². The maximum Gasteiger partial charge on any atom is 0.189 e. The van der Waals surface area contributed by atoms with Crippen molar-refractivity contribution in [2.45, 2.75) is 6.42 Å². The lowest BCUT2D eigenvalue weighted by molar-refractivity contribution is 0.104. The highest BCUT2D eigenvalue weighted by Gasteiger charge is 2.23. The summed E-state index contributed by atoms with van der Waals surface area (Å²) >= 11 is 0. The number of allylic oxidation sites excluding steroid dienone is 1. The average molecular weight is 306 g/mol. The van der Waals surface area contributed by atoms with Crippen LogP contribution in [0, 0.1) is 0 Å². The lowest BCUT2D eigenvalue weighted by atomic mass is 10.1. The quantitative estimate of drug-likeness (QED) is 0.617. The first-order valence-corrected chi connectivity index (χ1v) is 7.48. The van der Waals surface area contributed by atoms with Gasteiger partial charge in [0.1, 0.15) is 6.61 Å². The fourth-order valence-corrected chi connectivity index (χ4v) is 2.71. The van der Waals surface area contributed by atoms with E-state index in [1.807, 2.05) is 48.5 Å². The number of carbonyl (C=O) groups excluding carboxylic acids is 1. The summed E-state index contributed by atoms with van der Waals surface area (Å²) in [6.07, 6.45) is 4.28. The highest BCUT2D eigenvalue weighted by molar-refractivity contribution is 6.15. The van der Waals surface area contributed by atoms with Crippen molar-refractivity contribution in [2.75, 3.05) is 13.7 Å². The van der Waals surface area contributed by atoms with Crippen molar-refractivity contribution in [1.82, 2.24) is 0 Å². The minimum absolute atomic E-state index is 0.103. The van der Waals surface area contributed by atoms with Gasteiger partial charge in [-0.15, -0.1) is 0 Å². The monoisotopic (exact) mass is 306 g/mol. The number of rotatable bonds is 5. The Morgan fingerprint density at radius 1 is 1.17 bits per heavy atom. The summed E-state index contributed by atoms with van der Waals surface area (Å²) in [7, 11) is 1.60. The van der Waals surface area contributed by atoms with E-state index in [1.165, 1.54) is 0 Å². The highest BCUT2D eigenvalue weighted by Crippen LogP contribution is 2.31. The van der Waals surface area contributed by atoms with Crippen LogP contribution in [0.3, 0.4) is 0 Å². The molecule has 0 bridgehead atoms. The van der Waals surface area contributed by atoms with E-state index in [2.05, 4.69) is 6.58 Å². The van der Waals surface area contributed by atoms with E-state index in [-0.39, 0.29) is 5.78 Å². The summed E-state index contributed by atoms with van der Waals surface area (Å²) in [4.78, 5) is 12.4. The summed E-state index contributed by atoms with van der Waals surface area (Å²) in [5.74, 6) is 1.41. The Bertz CT molecular complexity index is 787. The molecule has 0 N–H and O–H groups in total. The van der Waals surface area contributed by atoms with Gasteiger partial charge in [-0.2, -0.15) is 0 Å². The number of methoxy groups -OCH3 is 1. The summed E-state index contributed by atoms with van der Waals surface area (Å²) in [5, 5.41) is 0. The summed E-state index contributed by atoms with van der Waals surface area (Å²) < 4.78 is 10.9. The van der Waals surface area contributed by atoms with Gasteiger partial charge in [0.2, 0.25) is 0 Å². The van der Waals surface area contributed by atoms with E-state index in [0.29, 0.717) is 24.5 Å². The van der Waals surface area contributed by atoms with Gasteiger partial charge in [-0.1, -0.05) is 43.0 Å². The Kier molecular flexibility index (Phi) is 4.29. The van der Waals surface area contributed by atoms with E-state index in [9.17, 15) is 4.79 Å². The van der Waals surface area contributed by atoms with Crippen LogP contribution < -0.4 is 9.47 Å². The van der Waals surface area contributed by atoms with Crippen LogP contribution in [0.2, 0.25) is 0 Å². The number of fused-ring (bicyclic) bond motifs is 1. The number of carbonyl (C=O) groups is 1. The Balaban J connectivity index is 1.89. The van der Waals surface area contributed by atoms with Crippen LogP contribution >= 0.6 is 0 Å². The predicted octanol–water partition coefficient (Wildman–Crippen LogP) is 4.08. The second-order valence-electron chi connectivity index (χ2n) is 5.34. The molecule has 0 heterocycles.